The van der Waals surface area contributed by atoms with Gasteiger partial charge in [0.15, 0.2) is 0 Å². The van der Waals surface area contributed by atoms with Gasteiger partial charge in [0.2, 0.25) is 10.0 Å². The summed E-state index contributed by atoms with van der Waals surface area (Å²) < 4.78 is 24.4. The fraction of sp³-hybridized carbons (Fsp3) is 0.143. The van der Waals surface area contributed by atoms with Crippen molar-refractivity contribution in [3.8, 4) is 11.1 Å². The summed E-state index contributed by atoms with van der Waals surface area (Å²) in [5.74, 6) is 0.284. The first kappa shape index (κ1) is 15.5. The molecule has 0 aliphatic carbocycles. The third-order valence-corrected chi connectivity index (χ3v) is 4.69. The molecular formula is C14H13BrClNO2S. The molecule has 0 aliphatic rings. The van der Waals surface area contributed by atoms with Crippen LogP contribution in [-0.2, 0) is 15.9 Å². The van der Waals surface area contributed by atoms with E-state index in [9.17, 15) is 8.42 Å². The Bertz CT molecular complexity index is 760. The summed E-state index contributed by atoms with van der Waals surface area (Å²) >= 11 is 9.34. The quantitative estimate of drug-likeness (QED) is 0.830. The van der Waals surface area contributed by atoms with Crippen molar-refractivity contribution < 1.29 is 8.42 Å². The molecule has 0 saturated carbocycles. The van der Waals surface area contributed by atoms with Crippen molar-refractivity contribution in [2.24, 2.45) is 5.14 Å². The Hall–Kier alpha value is -0.880. The van der Waals surface area contributed by atoms with Gasteiger partial charge >= 0.3 is 0 Å². The number of hydrogen-bond acceptors (Lipinski definition) is 2. The third-order valence-electron chi connectivity index (χ3n) is 2.94. The van der Waals surface area contributed by atoms with Crippen LogP contribution in [-0.4, -0.2) is 8.42 Å². The molecule has 3 nitrogen and oxygen atoms in total. The number of nitrogens with two attached hydrogens (primary N) is 1. The third kappa shape index (κ3) is 3.23. The minimum absolute atomic E-state index is 0.108. The lowest BCUT2D eigenvalue weighted by Gasteiger charge is -2.13. The largest absolute Gasteiger partial charge is 0.238 e. The van der Waals surface area contributed by atoms with E-state index in [1.807, 2.05) is 25.1 Å². The summed E-state index contributed by atoms with van der Waals surface area (Å²) in [5, 5.41) is 5.30. The lowest BCUT2D eigenvalue weighted by atomic mass is 9.99. The highest BCUT2D eigenvalue weighted by Gasteiger charge is 2.17. The zero-order valence-electron chi connectivity index (χ0n) is 10.7. The normalized spacial score (nSPS) is 11.6. The van der Waals surface area contributed by atoms with Crippen LogP contribution in [0.1, 0.15) is 11.1 Å². The summed E-state index contributed by atoms with van der Waals surface area (Å²) in [6, 6.07) is 10.6. The molecule has 0 atom stereocenters. The zero-order valence-corrected chi connectivity index (χ0v) is 13.9. The summed E-state index contributed by atoms with van der Waals surface area (Å²) in [7, 11) is -3.79. The zero-order chi connectivity index (χ0) is 14.9. The number of rotatable bonds is 3. The molecule has 2 rings (SSSR count). The Labute approximate surface area is 131 Å². The molecule has 0 fully saturated rings. The highest BCUT2D eigenvalue weighted by atomic mass is 79.9. The van der Waals surface area contributed by atoms with Crippen molar-refractivity contribution in [2.75, 3.05) is 0 Å². The van der Waals surface area contributed by atoms with Gasteiger partial charge in [0.05, 0.1) is 4.90 Å². The van der Waals surface area contributed by atoms with Gasteiger partial charge < -0.3 is 0 Å². The summed E-state index contributed by atoms with van der Waals surface area (Å²) in [5.41, 5.74) is 3.15. The van der Waals surface area contributed by atoms with Crippen molar-refractivity contribution >= 4 is 37.6 Å². The number of sulfonamides is 1. The van der Waals surface area contributed by atoms with Crippen LogP contribution in [0.2, 0.25) is 0 Å². The van der Waals surface area contributed by atoms with E-state index in [1.165, 1.54) is 6.07 Å². The van der Waals surface area contributed by atoms with Crippen molar-refractivity contribution in [3.63, 3.8) is 0 Å². The van der Waals surface area contributed by atoms with Crippen molar-refractivity contribution in [1.29, 1.82) is 0 Å². The minimum atomic E-state index is -3.79. The fourth-order valence-electron chi connectivity index (χ4n) is 2.04. The summed E-state index contributed by atoms with van der Waals surface area (Å²) in [6.45, 7) is 1.90. The summed E-state index contributed by atoms with van der Waals surface area (Å²) in [6.07, 6.45) is 0. The molecular weight excluding hydrogens is 362 g/mol. The number of aryl methyl sites for hydroxylation is 1. The Balaban J connectivity index is 2.78. The second kappa shape index (κ2) is 5.85. The average Bonchev–Trinajstić information content (AvgIpc) is 2.37. The monoisotopic (exact) mass is 373 g/mol. The van der Waals surface area contributed by atoms with Gasteiger partial charge in [-0.15, -0.1) is 11.6 Å². The van der Waals surface area contributed by atoms with E-state index >= 15 is 0 Å². The molecule has 2 aromatic rings. The number of alkyl halides is 1. The molecule has 106 valence electrons. The lowest BCUT2D eigenvalue weighted by molar-refractivity contribution is 0.598. The molecule has 20 heavy (non-hydrogen) atoms. The Morgan fingerprint density at radius 1 is 1.15 bits per heavy atom. The first-order valence-electron chi connectivity index (χ1n) is 5.81. The van der Waals surface area contributed by atoms with Crippen LogP contribution < -0.4 is 5.14 Å². The first-order chi connectivity index (χ1) is 9.32. The number of hydrogen-bond donors (Lipinski definition) is 1. The Morgan fingerprint density at radius 2 is 1.85 bits per heavy atom. The fourth-order valence-corrected chi connectivity index (χ4v) is 3.40. The standard InChI is InChI=1S/C14H13BrClNO2S/c1-9-2-5-14(20(17,18)19)13(6-9)12-4-3-11(15)7-10(12)8-16/h2-7H,8H2,1H3,(H2,17,18,19). The maximum Gasteiger partial charge on any atom is 0.238 e. The molecule has 6 heteroatoms. The second-order valence-corrected chi connectivity index (χ2v) is 7.19. The van der Waals surface area contributed by atoms with Crippen molar-refractivity contribution in [2.45, 2.75) is 17.7 Å². The number of benzene rings is 2. The number of halogens is 2. The highest BCUT2D eigenvalue weighted by molar-refractivity contribution is 9.10. The van der Waals surface area contributed by atoms with Crippen molar-refractivity contribution in [1.82, 2.24) is 0 Å². The van der Waals surface area contributed by atoms with Crippen LogP contribution in [0.4, 0.5) is 0 Å². The molecule has 0 spiro atoms. The molecule has 0 radical (unpaired) electrons. The van der Waals surface area contributed by atoms with Crippen LogP contribution in [0.15, 0.2) is 45.8 Å². The van der Waals surface area contributed by atoms with Gasteiger partial charge in [0, 0.05) is 15.9 Å². The lowest BCUT2D eigenvalue weighted by Crippen LogP contribution is -2.13. The van der Waals surface area contributed by atoms with E-state index in [2.05, 4.69) is 15.9 Å². The van der Waals surface area contributed by atoms with Crippen LogP contribution in [0.3, 0.4) is 0 Å². The molecule has 2 aromatic carbocycles. The van der Waals surface area contributed by atoms with E-state index in [0.717, 1.165) is 21.2 Å². The topological polar surface area (TPSA) is 60.2 Å². The van der Waals surface area contributed by atoms with E-state index in [-0.39, 0.29) is 10.8 Å². The van der Waals surface area contributed by atoms with Crippen LogP contribution in [0.25, 0.3) is 11.1 Å². The maximum absolute atomic E-state index is 11.7. The first-order valence-corrected chi connectivity index (χ1v) is 8.68. The van der Waals surface area contributed by atoms with Crippen LogP contribution in [0, 0.1) is 6.92 Å². The number of primary sulfonamides is 1. The highest BCUT2D eigenvalue weighted by Crippen LogP contribution is 2.32. The van der Waals surface area contributed by atoms with Gasteiger partial charge in [0.1, 0.15) is 0 Å². The molecule has 0 aliphatic heterocycles. The van der Waals surface area contributed by atoms with E-state index in [0.29, 0.717) is 5.56 Å². The Kier molecular flexibility index (Phi) is 4.54. The van der Waals surface area contributed by atoms with Gasteiger partial charge in [-0.2, -0.15) is 0 Å². The van der Waals surface area contributed by atoms with Gasteiger partial charge in [-0.1, -0.05) is 39.7 Å². The molecule has 0 amide bonds. The van der Waals surface area contributed by atoms with E-state index in [1.54, 1.807) is 12.1 Å². The molecule has 0 saturated heterocycles. The van der Waals surface area contributed by atoms with E-state index < -0.39 is 10.0 Å². The Morgan fingerprint density at radius 3 is 2.45 bits per heavy atom. The van der Waals surface area contributed by atoms with Gasteiger partial charge in [-0.05, 0) is 36.2 Å². The smallest absolute Gasteiger partial charge is 0.225 e. The van der Waals surface area contributed by atoms with Crippen LogP contribution in [0.5, 0.6) is 0 Å². The molecule has 0 aromatic heterocycles. The predicted molar refractivity (Wildman–Crippen MR) is 85.2 cm³/mol. The van der Waals surface area contributed by atoms with Gasteiger partial charge in [-0.25, -0.2) is 13.6 Å². The average molecular weight is 375 g/mol. The van der Waals surface area contributed by atoms with E-state index in [4.69, 9.17) is 16.7 Å². The summed E-state index contributed by atoms with van der Waals surface area (Å²) in [4.78, 5) is 0.108. The minimum Gasteiger partial charge on any atom is -0.225 e. The van der Waals surface area contributed by atoms with Crippen molar-refractivity contribution in [3.05, 3.63) is 52.0 Å². The van der Waals surface area contributed by atoms with Gasteiger partial charge in [0.25, 0.3) is 0 Å². The molecule has 0 unspecified atom stereocenters. The molecule has 0 bridgehead atoms. The molecule has 0 heterocycles. The predicted octanol–water partition coefficient (Wildman–Crippen LogP) is 3.81. The van der Waals surface area contributed by atoms with Gasteiger partial charge in [-0.3, -0.25) is 0 Å². The second-order valence-electron chi connectivity index (χ2n) is 4.48. The maximum atomic E-state index is 11.7. The molecule has 2 N–H and O–H groups in total. The SMILES string of the molecule is Cc1ccc(S(N)(=O)=O)c(-c2ccc(Br)cc2CCl)c1. The van der Waals surface area contributed by atoms with Crippen LogP contribution >= 0.6 is 27.5 Å².